The molecule has 118 valence electrons. The van der Waals surface area contributed by atoms with Crippen molar-refractivity contribution >= 4 is 17.4 Å². The van der Waals surface area contributed by atoms with Crippen molar-refractivity contribution in [3.63, 3.8) is 0 Å². The number of nitrogens with zero attached hydrogens (tertiary/aromatic N) is 1. The Labute approximate surface area is 140 Å². The Morgan fingerprint density at radius 2 is 1.96 bits per heavy atom. The van der Waals surface area contributed by atoms with Gasteiger partial charge in [0, 0.05) is 29.6 Å². The lowest BCUT2D eigenvalue weighted by molar-refractivity contribution is 0.0215. The van der Waals surface area contributed by atoms with Crippen LogP contribution in [0, 0.1) is 0 Å². The van der Waals surface area contributed by atoms with Gasteiger partial charge < -0.3 is 4.74 Å². The fraction of sp³-hybridized carbons (Fsp3) is 0.316. The van der Waals surface area contributed by atoms with Crippen molar-refractivity contribution < 1.29 is 9.53 Å². The molecule has 2 aromatic carbocycles. The molecule has 0 aromatic heterocycles. The van der Waals surface area contributed by atoms with Crippen LogP contribution in [0.3, 0.4) is 0 Å². The normalized spacial score (nSPS) is 23.3. The first-order valence-electron chi connectivity index (χ1n) is 7.96. The lowest BCUT2D eigenvalue weighted by Gasteiger charge is -2.33. The van der Waals surface area contributed by atoms with Crippen LogP contribution >= 0.6 is 11.6 Å². The molecule has 2 aliphatic heterocycles. The van der Waals surface area contributed by atoms with Crippen molar-refractivity contribution in [1.82, 2.24) is 4.90 Å². The van der Waals surface area contributed by atoms with E-state index in [2.05, 4.69) is 29.2 Å². The van der Waals surface area contributed by atoms with E-state index in [1.807, 2.05) is 0 Å². The summed E-state index contributed by atoms with van der Waals surface area (Å²) in [6.07, 6.45) is 1.50. The molecule has 0 aliphatic carbocycles. The van der Waals surface area contributed by atoms with E-state index >= 15 is 0 Å². The molecule has 23 heavy (non-hydrogen) atoms. The molecule has 0 spiro atoms. The summed E-state index contributed by atoms with van der Waals surface area (Å²) in [5, 5.41) is 0.651. The number of rotatable bonds is 3. The number of halogens is 1. The van der Waals surface area contributed by atoms with Crippen LogP contribution in [0.15, 0.2) is 48.5 Å². The zero-order valence-corrected chi connectivity index (χ0v) is 13.5. The van der Waals surface area contributed by atoms with Gasteiger partial charge >= 0.3 is 0 Å². The minimum atomic E-state index is 0.00275. The molecule has 0 radical (unpaired) electrons. The van der Waals surface area contributed by atoms with Crippen molar-refractivity contribution in [2.75, 3.05) is 13.2 Å². The zero-order chi connectivity index (χ0) is 15.8. The Morgan fingerprint density at radius 3 is 2.78 bits per heavy atom. The van der Waals surface area contributed by atoms with Gasteiger partial charge in [-0.3, -0.25) is 9.69 Å². The van der Waals surface area contributed by atoms with Crippen LogP contribution in [0.1, 0.15) is 34.1 Å². The summed E-state index contributed by atoms with van der Waals surface area (Å²) < 4.78 is 6.00. The number of hydrogen-bond acceptors (Lipinski definition) is 3. The van der Waals surface area contributed by atoms with Gasteiger partial charge in [-0.05, 0) is 41.8 Å². The van der Waals surface area contributed by atoms with Crippen molar-refractivity contribution in [2.45, 2.75) is 25.1 Å². The minimum Gasteiger partial charge on any atom is -0.357 e. The standard InChI is InChI=1S/C19H18ClNO2/c20-15-7-5-14(6-8-15)18(22)11-16-12-23-19-17-4-2-1-3-13(17)9-10-21(16)19/h1-8,16,19H,9-12H2. The largest absolute Gasteiger partial charge is 0.357 e. The van der Waals surface area contributed by atoms with E-state index < -0.39 is 0 Å². The van der Waals surface area contributed by atoms with Gasteiger partial charge in [-0.1, -0.05) is 35.9 Å². The SMILES string of the molecule is O=C(CC1COC2c3ccccc3CCN12)c1ccc(Cl)cc1. The van der Waals surface area contributed by atoms with E-state index in [1.54, 1.807) is 24.3 Å². The number of carbonyl (C=O) groups excluding carboxylic acids is 1. The second-order valence-electron chi connectivity index (χ2n) is 6.16. The number of hydrogen-bond donors (Lipinski definition) is 0. The monoisotopic (exact) mass is 327 g/mol. The van der Waals surface area contributed by atoms with Gasteiger partial charge in [0.2, 0.25) is 0 Å². The van der Waals surface area contributed by atoms with E-state index in [0.29, 0.717) is 18.1 Å². The van der Waals surface area contributed by atoms with Gasteiger partial charge in [0.25, 0.3) is 0 Å². The van der Waals surface area contributed by atoms with Crippen molar-refractivity contribution in [3.05, 3.63) is 70.2 Å². The predicted octanol–water partition coefficient (Wildman–Crippen LogP) is 3.87. The van der Waals surface area contributed by atoms with Gasteiger partial charge in [-0.25, -0.2) is 0 Å². The molecule has 0 bridgehead atoms. The predicted molar refractivity (Wildman–Crippen MR) is 89.7 cm³/mol. The zero-order valence-electron chi connectivity index (χ0n) is 12.7. The van der Waals surface area contributed by atoms with Gasteiger partial charge in [0.15, 0.2) is 5.78 Å². The number of carbonyl (C=O) groups is 1. The topological polar surface area (TPSA) is 29.5 Å². The summed E-state index contributed by atoms with van der Waals surface area (Å²) in [6.45, 7) is 1.55. The van der Waals surface area contributed by atoms with Crippen molar-refractivity contribution in [3.8, 4) is 0 Å². The molecule has 2 unspecified atom stereocenters. The van der Waals surface area contributed by atoms with E-state index in [0.717, 1.165) is 18.5 Å². The first kappa shape index (κ1) is 14.9. The summed E-state index contributed by atoms with van der Waals surface area (Å²) in [6, 6.07) is 15.7. The third kappa shape index (κ3) is 2.80. The van der Waals surface area contributed by atoms with Gasteiger partial charge in [-0.2, -0.15) is 0 Å². The summed E-state index contributed by atoms with van der Waals surface area (Å²) >= 11 is 5.89. The molecule has 2 heterocycles. The molecule has 1 saturated heterocycles. The molecule has 4 heteroatoms. The van der Waals surface area contributed by atoms with Crippen LogP contribution < -0.4 is 0 Å². The molecule has 0 N–H and O–H groups in total. The molecule has 0 saturated carbocycles. The lowest BCUT2D eigenvalue weighted by Crippen LogP contribution is -2.39. The first-order valence-corrected chi connectivity index (χ1v) is 8.34. The molecule has 4 rings (SSSR count). The van der Waals surface area contributed by atoms with Crippen LogP contribution in [0.2, 0.25) is 5.02 Å². The lowest BCUT2D eigenvalue weighted by atomic mass is 9.96. The van der Waals surface area contributed by atoms with Crippen LogP contribution in [0.4, 0.5) is 0 Å². The fourth-order valence-corrected chi connectivity index (χ4v) is 3.68. The van der Waals surface area contributed by atoms with Crippen molar-refractivity contribution in [2.24, 2.45) is 0 Å². The second-order valence-corrected chi connectivity index (χ2v) is 6.60. The third-order valence-corrected chi connectivity index (χ3v) is 5.02. The average Bonchev–Trinajstić information content (AvgIpc) is 2.99. The third-order valence-electron chi connectivity index (χ3n) is 4.76. The van der Waals surface area contributed by atoms with Crippen LogP contribution in [-0.4, -0.2) is 29.9 Å². The van der Waals surface area contributed by atoms with Gasteiger partial charge in [-0.15, -0.1) is 0 Å². The highest BCUT2D eigenvalue weighted by molar-refractivity contribution is 6.30. The highest BCUT2D eigenvalue weighted by Crippen LogP contribution is 2.37. The minimum absolute atomic E-state index is 0.00275. The molecular formula is C19H18ClNO2. The maximum Gasteiger partial charge on any atom is 0.164 e. The van der Waals surface area contributed by atoms with E-state index in [-0.39, 0.29) is 18.1 Å². The Hall–Kier alpha value is -1.68. The molecule has 2 atom stereocenters. The highest BCUT2D eigenvalue weighted by Gasteiger charge is 2.39. The molecular weight excluding hydrogens is 310 g/mol. The smallest absolute Gasteiger partial charge is 0.164 e. The fourth-order valence-electron chi connectivity index (χ4n) is 3.55. The van der Waals surface area contributed by atoms with Crippen LogP contribution in [0.5, 0.6) is 0 Å². The van der Waals surface area contributed by atoms with Gasteiger partial charge in [0.05, 0.1) is 6.61 Å². The number of ketones is 1. The Bertz CT molecular complexity index is 728. The van der Waals surface area contributed by atoms with E-state index in [1.165, 1.54) is 11.1 Å². The van der Waals surface area contributed by atoms with E-state index in [9.17, 15) is 4.79 Å². The summed E-state index contributed by atoms with van der Waals surface area (Å²) in [5.74, 6) is 0.148. The molecule has 2 aromatic rings. The number of Topliss-reactive ketones (excluding diaryl/α,β-unsaturated/α-hetero) is 1. The summed E-state index contributed by atoms with van der Waals surface area (Å²) in [5.41, 5.74) is 3.33. The molecule has 2 aliphatic rings. The maximum atomic E-state index is 12.5. The first-order chi connectivity index (χ1) is 11.2. The quantitative estimate of drug-likeness (QED) is 0.801. The summed E-state index contributed by atoms with van der Waals surface area (Å²) in [4.78, 5) is 14.8. The van der Waals surface area contributed by atoms with Gasteiger partial charge in [0.1, 0.15) is 6.23 Å². The molecule has 0 amide bonds. The van der Waals surface area contributed by atoms with E-state index in [4.69, 9.17) is 16.3 Å². The van der Waals surface area contributed by atoms with Crippen LogP contribution in [0.25, 0.3) is 0 Å². The van der Waals surface area contributed by atoms with Crippen LogP contribution in [-0.2, 0) is 11.2 Å². The number of fused-ring (bicyclic) bond motifs is 3. The Morgan fingerprint density at radius 1 is 1.17 bits per heavy atom. The molecule has 3 nitrogen and oxygen atoms in total. The van der Waals surface area contributed by atoms with Crippen molar-refractivity contribution in [1.29, 1.82) is 0 Å². The highest BCUT2D eigenvalue weighted by atomic mass is 35.5. The molecule has 1 fully saturated rings. The second kappa shape index (κ2) is 6.08. The number of ether oxygens (including phenoxy) is 1. The Kier molecular flexibility index (Phi) is 3.93. The Balaban J connectivity index is 1.50. The average molecular weight is 328 g/mol. The maximum absolute atomic E-state index is 12.5. The summed E-state index contributed by atoms with van der Waals surface area (Å²) in [7, 11) is 0. The number of benzene rings is 2.